The Bertz CT molecular complexity index is 1270. The third-order valence-corrected chi connectivity index (χ3v) is 6.88. The maximum Gasteiger partial charge on any atom is 0.418 e. The van der Waals surface area contributed by atoms with Gasteiger partial charge in [0, 0.05) is 22.6 Å². The Morgan fingerprint density at radius 1 is 1.03 bits per heavy atom. The van der Waals surface area contributed by atoms with E-state index in [1.807, 2.05) is 25.5 Å². The molecule has 0 aliphatic rings. The molecule has 0 bridgehead atoms. The van der Waals surface area contributed by atoms with Crippen LogP contribution in [0.4, 0.5) is 35.9 Å². The minimum absolute atomic E-state index is 0.0109. The molecule has 2 aromatic carbocycles. The largest absolute Gasteiger partial charge is 0.418 e. The van der Waals surface area contributed by atoms with Gasteiger partial charge in [-0.05, 0) is 56.2 Å². The molecule has 0 unspecified atom stereocenters. The number of nitro benzene ring substituents is 2. The lowest BCUT2D eigenvalue weighted by Gasteiger charge is -2.17. The molecule has 0 saturated heterocycles. The molecular formula is C23H31F3N4O6S2. The summed E-state index contributed by atoms with van der Waals surface area (Å²) in [6, 6.07) is 4.88. The number of thioether (sulfide) groups is 1. The van der Waals surface area contributed by atoms with Crippen molar-refractivity contribution < 1.29 is 31.4 Å². The number of sulfonamides is 1. The number of halogens is 3. The lowest BCUT2D eigenvalue weighted by atomic mass is 10.0. The maximum absolute atomic E-state index is 12.8. The topological polar surface area (TPSA) is 144 Å². The van der Waals surface area contributed by atoms with E-state index in [-0.39, 0.29) is 23.1 Å². The van der Waals surface area contributed by atoms with Crippen molar-refractivity contribution in [1.82, 2.24) is 0 Å². The predicted octanol–water partition coefficient (Wildman–Crippen LogP) is 6.91. The number of hydrogen-bond donors (Lipinski definition) is 2. The lowest BCUT2D eigenvalue weighted by molar-refractivity contribution is -0.392. The number of alkyl halides is 3. The van der Waals surface area contributed by atoms with Gasteiger partial charge in [-0.25, -0.2) is 8.42 Å². The van der Waals surface area contributed by atoms with E-state index in [1.54, 1.807) is 13.8 Å². The molecule has 0 amide bonds. The minimum Gasteiger partial charge on any atom is -0.371 e. The van der Waals surface area contributed by atoms with Crippen molar-refractivity contribution in [3.05, 3.63) is 61.2 Å². The van der Waals surface area contributed by atoms with Gasteiger partial charge in [-0.3, -0.25) is 25.0 Å². The molecule has 0 spiro atoms. The van der Waals surface area contributed by atoms with Crippen LogP contribution in [0.2, 0.25) is 0 Å². The zero-order valence-corrected chi connectivity index (χ0v) is 23.4. The van der Waals surface area contributed by atoms with Gasteiger partial charge in [0.05, 0.1) is 27.4 Å². The molecule has 10 nitrogen and oxygen atoms in total. The van der Waals surface area contributed by atoms with E-state index >= 15 is 0 Å². The van der Waals surface area contributed by atoms with Crippen molar-refractivity contribution in [3.63, 3.8) is 0 Å². The van der Waals surface area contributed by atoms with Crippen LogP contribution in [-0.2, 0) is 16.2 Å². The molecule has 0 fully saturated rings. The van der Waals surface area contributed by atoms with Crippen LogP contribution >= 0.6 is 11.8 Å². The Labute approximate surface area is 223 Å². The van der Waals surface area contributed by atoms with Crippen molar-refractivity contribution >= 4 is 44.5 Å². The fourth-order valence-corrected chi connectivity index (χ4v) is 4.67. The first-order valence-corrected chi connectivity index (χ1v) is 14.4. The van der Waals surface area contributed by atoms with Crippen LogP contribution in [0.5, 0.6) is 0 Å². The lowest BCUT2D eigenvalue weighted by Crippen LogP contribution is -2.19. The Balaban J connectivity index is 0.000000382. The van der Waals surface area contributed by atoms with E-state index in [0.29, 0.717) is 21.8 Å². The van der Waals surface area contributed by atoms with Gasteiger partial charge in [-0.1, -0.05) is 20.8 Å². The second-order valence-corrected chi connectivity index (χ2v) is 11.3. The average Bonchev–Trinajstić information content (AvgIpc) is 2.79. The predicted molar refractivity (Wildman–Crippen MR) is 144 cm³/mol. The second kappa shape index (κ2) is 13.6. The molecule has 0 radical (unpaired) electrons. The van der Waals surface area contributed by atoms with Crippen LogP contribution in [0, 0.1) is 34.1 Å². The summed E-state index contributed by atoms with van der Waals surface area (Å²) in [6.07, 6.45) is -2.32. The Morgan fingerprint density at radius 2 is 1.61 bits per heavy atom. The van der Waals surface area contributed by atoms with E-state index in [9.17, 15) is 41.8 Å². The summed E-state index contributed by atoms with van der Waals surface area (Å²) < 4.78 is 62.3. The highest BCUT2D eigenvalue weighted by Gasteiger charge is 2.34. The third-order valence-electron chi connectivity index (χ3n) is 5.41. The van der Waals surface area contributed by atoms with E-state index in [0.717, 1.165) is 31.2 Å². The van der Waals surface area contributed by atoms with Gasteiger partial charge in [-0.2, -0.15) is 13.2 Å². The molecule has 0 atom stereocenters. The van der Waals surface area contributed by atoms with Crippen LogP contribution < -0.4 is 10.0 Å². The standard InChI is InChI=1S/C13H19N3O4.C10H12F3NO2S2/c1-5-10(6-2)14-12-11(15(17)18)7-8(3)9(4)13(12)16(19)20;1-3-17-7-4-5-9(14-18(2,15)16)8(6-7)10(11,12)13/h7,10,14H,5-6H2,1-4H3;4-6,14H,3H2,1-2H3. The number of hydrogen-bond acceptors (Lipinski definition) is 8. The summed E-state index contributed by atoms with van der Waals surface area (Å²) in [5.74, 6) is 0.635. The number of nitrogens with zero attached hydrogens (tertiary/aromatic N) is 2. The zero-order chi connectivity index (χ0) is 29.4. The third kappa shape index (κ3) is 9.35. The first-order chi connectivity index (χ1) is 17.5. The van der Waals surface area contributed by atoms with Crippen LogP contribution in [0.3, 0.4) is 0 Å². The number of nitro groups is 2. The van der Waals surface area contributed by atoms with Crippen LogP contribution in [0.25, 0.3) is 0 Å². The van der Waals surface area contributed by atoms with Crippen LogP contribution in [0.1, 0.15) is 50.3 Å². The van der Waals surface area contributed by atoms with Crippen molar-refractivity contribution in [2.24, 2.45) is 0 Å². The van der Waals surface area contributed by atoms with Gasteiger partial charge in [0.1, 0.15) is 0 Å². The van der Waals surface area contributed by atoms with Crippen LogP contribution in [-0.4, -0.2) is 36.3 Å². The first kappa shape index (κ1) is 33.0. The average molecular weight is 581 g/mol. The van der Waals surface area contributed by atoms with E-state index in [1.165, 1.54) is 23.9 Å². The first-order valence-electron chi connectivity index (χ1n) is 11.5. The van der Waals surface area contributed by atoms with Gasteiger partial charge in [0.15, 0.2) is 5.69 Å². The molecule has 0 heterocycles. The van der Waals surface area contributed by atoms with Crippen molar-refractivity contribution in [1.29, 1.82) is 0 Å². The highest BCUT2D eigenvalue weighted by Crippen LogP contribution is 2.40. The van der Waals surface area contributed by atoms with E-state index in [2.05, 4.69) is 5.32 Å². The van der Waals surface area contributed by atoms with Crippen LogP contribution in [0.15, 0.2) is 29.2 Å². The number of rotatable bonds is 10. The van der Waals surface area contributed by atoms with E-state index < -0.39 is 37.3 Å². The Hall–Kier alpha value is -3.07. The number of nitrogens with one attached hydrogen (secondary N) is 2. The molecule has 0 aliphatic heterocycles. The molecule has 2 rings (SSSR count). The summed E-state index contributed by atoms with van der Waals surface area (Å²) in [5, 5.41) is 25.4. The van der Waals surface area contributed by atoms with Crippen molar-refractivity contribution in [2.45, 2.75) is 64.6 Å². The zero-order valence-electron chi connectivity index (χ0n) is 21.8. The number of anilines is 2. The monoisotopic (exact) mass is 580 g/mol. The molecule has 0 saturated carbocycles. The molecule has 212 valence electrons. The highest BCUT2D eigenvalue weighted by molar-refractivity contribution is 7.99. The summed E-state index contributed by atoms with van der Waals surface area (Å²) in [4.78, 5) is 21.7. The molecule has 0 aliphatic carbocycles. The van der Waals surface area contributed by atoms with Gasteiger partial charge < -0.3 is 5.32 Å². The maximum atomic E-state index is 12.8. The second-order valence-electron chi connectivity index (χ2n) is 8.25. The SMILES string of the molecule is CCC(CC)Nc1c([N+](=O)[O-])cc(C)c(C)c1[N+](=O)[O-].CCSc1ccc(NS(C)(=O)=O)c(C(F)(F)F)c1. The molecular weight excluding hydrogens is 549 g/mol. The van der Waals surface area contributed by atoms with Gasteiger partial charge in [0.2, 0.25) is 10.0 Å². The van der Waals surface area contributed by atoms with Crippen molar-refractivity contribution in [3.8, 4) is 0 Å². The van der Waals surface area contributed by atoms with Gasteiger partial charge >= 0.3 is 11.9 Å². The highest BCUT2D eigenvalue weighted by atomic mass is 32.2. The summed E-state index contributed by atoms with van der Waals surface area (Å²) >= 11 is 1.26. The van der Waals surface area contributed by atoms with Gasteiger partial charge in [-0.15, -0.1) is 11.8 Å². The minimum atomic E-state index is -4.60. The molecule has 2 aromatic rings. The Morgan fingerprint density at radius 3 is 2.03 bits per heavy atom. The van der Waals surface area contributed by atoms with Gasteiger partial charge in [0.25, 0.3) is 5.69 Å². The Kier molecular flexibility index (Phi) is 11.8. The fourth-order valence-electron chi connectivity index (χ4n) is 3.40. The molecule has 38 heavy (non-hydrogen) atoms. The molecule has 15 heteroatoms. The summed E-state index contributed by atoms with van der Waals surface area (Å²) in [5.41, 5.74) is -0.878. The smallest absolute Gasteiger partial charge is 0.371 e. The molecule has 2 N–H and O–H groups in total. The van der Waals surface area contributed by atoms with E-state index in [4.69, 9.17) is 0 Å². The molecule has 0 aromatic heterocycles. The summed E-state index contributed by atoms with van der Waals surface area (Å²) in [7, 11) is -3.74. The quantitative estimate of drug-likeness (QED) is 0.175. The normalized spacial score (nSPS) is 11.5. The van der Waals surface area contributed by atoms with Crippen molar-refractivity contribution in [2.75, 3.05) is 22.0 Å². The number of benzene rings is 2. The fraction of sp³-hybridized carbons (Fsp3) is 0.478. The summed E-state index contributed by atoms with van der Waals surface area (Å²) in [6.45, 7) is 8.92. The number of aryl methyl sites for hydroxylation is 1.